The molecule has 0 saturated carbocycles. The summed E-state index contributed by atoms with van der Waals surface area (Å²) in [5.74, 6) is 1.20. The van der Waals surface area contributed by atoms with Gasteiger partial charge in [0.2, 0.25) is 11.9 Å². The molecule has 1 amide bonds. The van der Waals surface area contributed by atoms with E-state index < -0.39 is 0 Å². The van der Waals surface area contributed by atoms with Crippen LogP contribution in [0, 0.1) is 12.8 Å². The van der Waals surface area contributed by atoms with Crippen LogP contribution in [0.4, 0.5) is 11.6 Å². The van der Waals surface area contributed by atoms with Gasteiger partial charge in [-0.15, -0.1) is 0 Å². The number of nitrogens with zero attached hydrogens (tertiary/aromatic N) is 4. The minimum Gasteiger partial charge on any atom is -0.368 e. The molecule has 162 valence electrons. The molecule has 2 fully saturated rings. The highest BCUT2D eigenvalue weighted by Gasteiger charge is 2.32. The van der Waals surface area contributed by atoms with E-state index in [1.165, 1.54) is 11.3 Å². The molecule has 2 aliphatic heterocycles. The maximum atomic E-state index is 13.3. The number of hydrogen-bond acceptors (Lipinski definition) is 4. The molecule has 2 saturated heterocycles. The molecule has 5 rings (SSSR count). The number of aryl methyl sites for hydroxylation is 1. The zero-order valence-electron chi connectivity index (χ0n) is 17.9. The highest BCUT2D eigenvalue weighted by molar-refractivity contribution is 6.30. The summed E-state index contributed by atoms with van der Waals surface area (Å²) in [5, 5.41) is 0.749. The first kappa shape index (κ1) is 20.2. The SMILES string of the molecule is Cc1ccc2nc(N3CCCC(C(=O)N4CCN(c5ccc(Cl)cc5)CC4)C3)[nH]c2c1. The Morgan fingerprint density at radius 3 is 2.58 bits per heavy atom. The zero-order valence-corrected chi connectivity index (χ0v) is 18.6. The van der Waals surface area contributed by atoms with Crippen LogP contribution in [0.2, 0.25) is 5.02 Å². The predicted molar refractivity (Wildman–Crippen MR) is 126 cm³/mol. The minimum absolute atomic E-state index is 0.0331. The summed E-state index contributed by atoms with van der Waals surface area (Å²) in [6.07, 6.45) is 1.96. The molecule has 6 nitrogen and oxygen atoms in total. The quantitative estimate of drug-likeness (QED) is 0.670. The summed E-state index contributed by atoms with van der Waals surface area (Å²) in [5.41, 5.74) is 4.42. The number of halogens is 1. The molecule has 1 unspecified atom stereocenters. The molecule has 0 aliphatic carbocycles. The van der Waals surface area contributed by atoms with Gasteiger partial charge in [0.1, 0.15) is 0 Å². The van der Waals surface area contributed by atoms with Crippen molar-refractivity contribution in [2.45, 2.75) is 19.8 Å². The van der Waals surface area contributed by atoms with Crippen molar-refractivity contribution in [2.75, 3.05) is 49.1 Å². The number of piperidine rings is 1. The molecular weight excluding hydrogens is 410 g/mol. The first-order chi connectivity index (χ1) is 15.1. The molecule has 3 heterocycles. The average Bonchev–Trinajstić information content (AvgIpc) is 3.23. The van der Waals surface area contributed by atoms with Crippen LogP contribution in [0.3, 0.4) is 0 Å². The largest absolute Gasteiger partial charge is 0.368 e. The summed E-state index contributed by atoms with van der Waals surface area (Å²) in [6.45, 7) is 6.99. The van der Waals surface area contributed by atoms with E-state index in [0.29, 0.717) is 0 Å². The highest BCUT2D eigenvalue weighted by atomic mass is 35.5. The number of carbonyl (C=O) groups excluding carboxylic acids is 1. The lowest BCUT2D eigenvalue weighted by Crippen LogP contribution is -2.52. The molecule has 1 atom stereocenters. The van der Waals surface area contributed by atoms with Gasteiger partial charge in [-0.1, -0.05) is 17.7 Å². The monoisotopic (exact) mass is 437 g/mol. The Morgan fingerprint density at radius 1 is 1.03 bits per heavy atom. The molecule has 0 bridgehead atoms. The third kappa shape index (κ3) is 4.22. The summed E-state index contributed by atoms with van der Waals surface area (Å²) in [7, 11) is 0. The van der Waals surface area contributed by atoms with Gasteiger partial charge < -0.3 is 19.7 Å². The number of anilines is 2. The van der Waals surface area contributed by atoms with Crippen molar-refractivity contribution in [3.8, 4) is 0 Å². The number of imidazole rings is 1. The van der Waals surface area contributed by atoms with E-state index in [9.17, 15) is 4.79 Å². The lowest BCUT2D eigenvalue weighted by Gasteiger charge is -2.39. The van der Waals surface area contributed by atoms with Crippen LogP contribution >= 0.6 is 11.6 Å². The van der Waals surface area contributed by atoms with Gasteiger partial charge in [-0.2, -0.15) is 0 Å². The summed E-state index contributed by atoms with van der Waals surface area (Å²) in [4.78, 5) is 28.1. The number of aromatic nitrogens is 2. The van der Waals surface area contributed by atoms with Crippen LogP contribution in [-0.4, -0.2) is 60.0 Å². The smallest absolute Gasteiger partial charge is 0.227 e. The van der Waals surface area contributed by atoms with Crippen LogP contribution in [0.25, 0.3) is 11.0 Å². The normalized spacial score (nSPS) is 19.8. The van der Waals surface area contributed by atoms with E-state index in [2.05, 4.69) is 39.9 Å². The number of aromatic amines is 1. The average molecular weight is 438 g/mol. The number of amides is 1. The lowest BCUT2D eigenvalue weighted by atomic mass is 9.96. The van der Waals surface area contributed by atoms with Gasteiger partial charge in [0, 0.05) is 50.0 Å². The molecule has 1 N–H and O–H groups in total. The van der Waals surface area contributed by atoms with Crippen LogP contribution in [-0.2, 0) is 4.79 Å². The molecular formula is C24H28ClN5O. The van der Waals surface area contributed by atoms with E-state index in [1.807, 2.05) is 29.2 Å². The zero-order chi connectivity index (χ0) is 21.4. The number of fused-ring (bicyclic) bond motifs is 1. The van der Waals surface area contributed by atoms with Gasteiger partial charge >= 0.3 is 0 Å². The second-order valence-electron chi connectivity index (χ2n) is 8.65. The third-order valence-corrected chi connectivity index (χ3v) is 6.73. The topological polar surface area (TPSA) is 55.5 Å². The molecule has 31 heavy (non-hydrogen) atoms. The Kier molecular flexibility index (Phi) is 5.48. The predicted octanol–water partition coefficient (Wildman–Crippen LogP) is 4.09. The van der Waals surface area contributed by atoms with Crippen molar-refractivity contribution >= 4 is 40.2 Å². The Labute approximate surface area is 187 Å². The molecule has 2 aromatic carbocycles. The maximum absolute atomic E-state index is 13.3. The van der Waals surface area contributed by atoms with Crippen molar-refractivity contribution in [1.82, 2.24) is 14.9 Å². The number of piperazine rings is 1. The van der Waals surface area contributed by atoms with Gasteiger partial charge in [-0.3, -0.25) is 4.79 Å². The van der Waals surface area contributed by atoms with E-state index in [-0.39, 0.29) is 11.8 Å². The van der Waals surface area contributed by atoms with Crippen LogP contribution in [0.5, 0.6) is 0 Å². The van der Waals surface area contributed by atoms with Crippen LogP contribution < -0.4 is 9.80 Å². The Hall–Kier alpha value is -2.73. The number of rotatable bonds is 3. The fourth-order valence-corrected chi connectivity index (χ4v) is 4.85. The van der Waals surface area contributed by atoms with E-state index in [1.54, 1.807) is 0 Å². The van der Waals surface area contributed by atoms with Crippen molar-refractivity contribution in [3.05, 3.63) is 53.1 Å². The summed E-state index contributed by atoms with van der Waals surface area (Å²) in [6, 6.07) is 14.2. The van der Waals surface area contributed by atoms with Crippen molar-refractivity contribution < 1.29 is 4.79 Å². The fourth-order valence-electron chi connectivity index (χ4n) is 4.73. The van der Waals surface area contributed by atoms with Crippen molar-refractivity contribution in [2.24, 2.45) is 5.92 Å². The summed E-state index contributed by atoms with van der Waals surface area (Å²) < 4.78 is 0. The van der Waals surface area contributed by atoms with Gasteiger partial charge in [-0.05, 0) is 61.7 Å². The number of nitrogens with one attached hydrogen (secondary N) is 1. The lowest BCUT2D eigenvalue weighted by molar-refractivity contribution is -0.136. The van der Waals surface area contributed by atoms with Crippen LogP contribution in [0.15, 0.2) is 42.5 Å². The van der Waals surface area contributed by atoms with Crippen LogP contribution in [0.1, 0.15) is 18.4 Å². The first-order valence-corrected chi connectivity index (χ1v) is 11.5. The van der Waals surface area contributed by atoms with Gasteiger partial charge in [0.15, 0.2) is 0 Å². The Morgan fingerprint density at radius 2 is 1.81 bits per heavy atom. The van der Waals surface area contributed by atoms with E-state index >= 15 is 0 Å². The Bertz CT molecular complexity index is 1070. The summed E-state index contributed by atoms with van der Waals surface area (Å²) >= 11 is 6.01. The number of H-pyrrole nitrogens is 1. The van der Waals surface area contributed by atoms with E-state index in [0.717, 1.165) is 74.1 Å². The highest BCUT2D eigenvalue weighted by Crippen LogP contribution is 2.26. The molecule has 1 aromatic heterocycles. The number of benzene rings is 2. The van der Waals surface area contributed by atoms with Crippen molar-refractivity contribution in [3.63, 3.8) is 0 Å². The minimum atomic E-state index is 0.0331. The maximum Gasteiger partial charge on any atom is 0.227 e. The first-order valence-electron chi connectivity index (χ1n) is 11.1. The van der Waals surface area contributed by atoms with E-state index in [4.69, 9.17) is 16.6 Å². The van der Waals surface area contributed by atoms with Gasteiger partial charge in [0.05, 0.1) is 17.0 Å². The standard InChI is InChI=1S/C24H28ClN5O/c1-17-4-9-21-22(15-17)27-24(26-21)30-10-2-3-18(16-30)23(31)29-13-11-28(12-14-29)20-7-5-19(25)6-8-20/h4-9,15,18H,2-3,10-14,16H2,1H3,(H,26,27). The number of hydrogen-bond donors (Lipinski definition) is 1. The van der Waals surface area contributed by atoms with Crippen molar-refractivity contribution in [1.29, 1.82) is 0 Å². The second-order valence-corrected chi connectivity index (χ2v) is 9.09. The molecule has 3 aromatic rings. The molecule has 0 radical (unpaired) electrons. The number of carbonyl (C=O) groups is 1. The molecule has 7 heteroatoms. The fraction of sp³-hybridized carbons (Fsp3) is 0.417. The van der Waals surface area contributed by atoms with Gasteiger partial charge in [0.25, 0.3) is 0 Å². The second kappa shape index (κ2) is 8.42. The molecule has 2 aliphatic rings. The molecule has 0 spiro atoms. The van der Waals surface area contributed by atoms with Gasteiger partial charge in [-0.25, -0.2) is 4.98 Å². The Balaban J connectivity index is 1.22. The third-order valence-electron chi connectivity index (χ3n) is 6.48.